The number of aromatic nitrogens is 2. The SMILES string of the molecule is CC(C)[C@](C)(C#N)NC(=O)CSc1nnc([C@H]2COc3ccccc3O2)o1. The third-order valence-electron chi connectivity index (χ3n) is 4.32. The number of carbonyl (C=O) groups is 1. The Morgan fingerprint density at radius 2 is 2.15 bits per heavy atom. The lowest BCUT2D eigenvalue weighted by Gasteiger charge is -2.27. The predicted octanol–water partition coefficient (Wildman–Crippen LogP) is 2.73. The summed E-state index contributed by atoms with van der Waals surface area (Å²) in [6, 6.07) is 9.49. The fourth-order valence-electron chi connectivity index (χ4n) is 2.30. The highest BCUT2D eigenvalue weighted by Crippen LogP contribution is 2.35. The molecule has 0 saturated heterocycles. The molecular weight excluding hydrogens is 368 g/mol. The zero-order valence-corrected chi connectivity index (χ0v) is 16.1. The summed E-state index contributed by atoms with van der Waals surface area (Å²) < 4.78 is 17.0. The van der Waals surface area contributed by atoms with Crippen LogP contribution in [0.15, 0.2) is 33.9 Å². The molecule has 1 amide bonds. The van der Waals surface area contributed by atoms with Gasteiger partial charge in [-0.3, -0.25) is 4.79 Å². The van der Waals surface area contributed by atoms with Crippen LogP contribution in [0.2, 0.25) is 0 Å². The maximum Gasteiger partial charge on any atom is 0.277 e. The van der Waals surface area contributed by atoms with Crippen molar-refractivity contribution in [3.63, 3.8) is 0 Å². The highest BCUT2D eigenvalue weighted by Gasteiger charge is 2.30. The normalized spacial score (nSPS) is 17.8. The van der Waals surface area contributed by atoms with E-state index < -0.39 is 11.6 Å². The first-order valence-electron chi connectivity index (χ1n) is 8.48. The molecule has 0 spiro atoms. The van der Waals surface area contributed by atoms with Crippen molar-refractivity contribution in [2.75, 3.05) is 12.4 Å². The van der Waals surface area contributed by atoms with Crippen LogP contribution in [-0.4, -0.2) is 34.0 Å². The molecule has 2 atom stereocenters. The van der Waals surface area contributed by atoms with Gasteiger partial charge in [0.2, 0.25) is 12.0 Å². The molecule has 1 aliphatic heterocycles. The molecule has 0 unspecified atom stereocenters. The Bertz CT molecular complexity index is 863. The number of nitrogens with zero attached hydrogens (tertiary/aromatic N) is 3. The Morgan fingerprint density at radius 1 is 1.41 bits per heavy atom. The van der Waals surface area contributed by atoms with E-state index in [1.807, 2.05) is 32.0 Å². The van der Waals surface area contributed by atoms with E-state index in [0.717, 1.165) is 11.8 Å². The standard InChI is InChI=1S/C18H20N4O4S/c1-11(2)18(3,10-19)20-15(23)9-27-17-22-21-16(26-17)14-8-24-12-6-4-5-7-13(12)25-14/h4-7,11,14H,8-9H2,1-3H3,(H,20,23)/t14-,18+/m1/s1. The lowest BCUT2D eigenvalue weighted by molar-refractivity contribution is -0.120. The highest BCUT2D eigenvalue weighted by molar-refractivity contribution is 7.99. The zero-order chi connectivity index (χ0) is 19.4. The van der Waals surface area contributed by atoms with E-state index in [1.54, 1.807) is 13.0 Å². The van der Waals surface area contributed by atoms with Gasteiger partial charge in [-0.05, 0) is 25.0 Å². The third kappa shape index (κ3) is 4.34. The van der Waals surface area contributed by atoms with Crippen LogP contribution in [0.5, 0.6) is 11.5 Å². The zero-order valence-electron chi connectivity index (χ0n) is 15.3. The quantitative estimate of drug-likeness (QED) is 0.752. The molecule has 142 valence electrons. The van der Waals surface area contributed by atoms with E-state index in [0.29, 0.717) is 11.5 Å². The van der Waals surface area contributed by atoms with Gasteiger partial charge < -0.3 is 19.2 Å². The molecule has 0 fully saturated rings. The Hall–Kier alpha value is -2.73. The van der Waals surface area contributed by atoms with E-state index in [-0.39, 0.29) is 35.3 Å². The van der Waals surface area contributed by atoms with Crippen molar-refractivity contribution in [3.8, 4) is 17.6 Å². The lowest BCUT2D eigenvalue weighted by atomic mass is 9.90. The molecule has 2 heterocycles. The Morgan fingerprint density at radius 3 is 2.85 bits per heavy atom. The summed E-state index contributed by atoms with van der Waals surface area (Å²) in [5.74, 6) is 1.35. The average molecular weight is 388 g/mol. The van der Waals surface area contributed by atoms with Crippen molar-refractivity contribution in [3.05, 3.63) is 30.2 Å². The van der Waals surface area contributed by atoms with Crippen molar-refractivity contribution in [2.45, 2.75) is 37.6 Å². The van der Waals surface area contributed by atoms with Gasteiger partial charge in [0, 0.05) is 0 Å². The predicted molar refractivity (Wildman–Crippen MR) is 97.3 cm³/mol. The molecule has 2 aromatic rings. The van der Waals surface area contributed by atoms with E-state index in [2.05, 4.69) is 21.6 Å². The van der Waals surface area contributed by atoms with Gasteiger partial charge in [-0.1, -0.05) is 37.7 Å². The first kappa shape index (κ1) is 19.0. The van der Waals surface area contributed by atoms with Gasteiger partial charge in [0.05, 0.1) is 11.8 Å². The first-order valence-corrected chi connectivity index (χ1v) is 9.47. The van der Waals surface area contributed by atoms with Crippen molar-refractivity contribution >= 4 is 17.7 Å². The molecular formula is C18H20N4O4S. The highest BCUT2D eigenvalue weighted by atomic mass is 32.2. The second kappa shape index (κ2) is 7.88. The third-order valence-corrected chi connectivity index (χ3v) is 5.14. The molecule has 0 radical (unpaired) electrons. The molecule has 0 aliphatic carbocycles. The molecule has 0 saturated carbocycles. The van der Waals surface area contributed by atoms with E-state index in [1.165, 1.54) is 0 Å². The van der Waals surface area contributed by atoms with Crippen LogP contribution in [0.25, 0.3) is 0 Å². The maximum absolute atomic E-state index is 12.1. The summed E-state index contributed by atoms with van der Waals surface area (Å²) >= 11 is 1.10. The first-order chi connectivity index (χ1) is 12.9. The van der Waals surface area contributed by atoms with Gasteiger partial charge in [-0.15, -0.1) is 10.2 Å². The fourth-order valence-corrected chi connectivity index (χ4v) is 2.87. The smallest absolute Gasteiger partial charge is 0.277 e. The molecule has 1 aliphatic rings. The van der Waals surface area contributed by atoms with E-state index in [4.69, 9.17) is 13.9 Å². The fraction of sp³-hybridized carbons (Fsp3) is 0.444. The van der Waals surface area contributed by atoms with E-state index >= 15 is 0 Å². The Labute approximate surface area is 161 Å². The largest absolute Gasteiger partial charge is 0.485 e. The number of nitrogens with one attached hydrogen (secondary N) is 1. The summed E-state index contributed by atoms with van der Waals surface area (Å²) in [5.41, 5.74) is -0.918. The summed E-state index contributed by atoms with van der Waals surface area (Å²) in [7, 11) is 0. The van der Waals surface area contributed by atoms with Gasteiger partial charge in [0.1, 0.15) is 12.1 Å². The summed E-state index contributed by atoms with van der Waals surface area (Å²) in [5, 5.41) is 20.2. The molecule has 27 heavy (non-hydrogen) atoms. The van der Waals surface area contributed by atoms with Crippen LogP contribution >= 0.6 is 11.8 Å². The minimum atomic E-state index is -0.918. The molecule has 1 aromatic heterocycles. The second-order valence-corrected chi connectivity index (χ2v) is 7.50. The number of fused-ring (bicyclic) bond motifs is 1. The second-order valence-electron chi connectivity index (χ2n) is 6.58. The molecule has 3 rings (SSSR count). The summed E-state index contributed by atoms with van der Waals surface area (Å²) in [6.07, 6.45) is -0.501. The van der Waals surface area contributed by atoms with Crippen molar-refractivity contribution in [1.29, 1.82) is 5.26 Å². The summed E-state index contributed by atoms with van der Waals surface area (Å²) in [6.45, 7) is 5.72. The summed E-state index contributed by atoms with van der Waals surface area (Å²) in [4.78, 5) is 12.1. The Balaban J connectivity index is 1.56. The van der Waals surface area contributed by atoms with Crippen LogP contribution in [-0.2, 0) is 4.79 Å². The number of thioether (sulfide) groups is 1. The maximum atomic E-state index is 12.1. The molecule has 9 heteroatoms. The van der Waals surface area contributed by atoms with Crippen LogP contribution in [0.4, 0.5) is 0 Å². The topological polar surface area (TPSA) is 110 Å². The number of carbonyl (C=O) groups excluding carboxylic acids is 1. The lowest BCUT2D eigenvalue weighted by Crippen LogP contribution is -2.49. The molecule has 1 N–H and O–H groups in total. The van der Waals surface area contributed by atoms with Crippen molar-refractivity contribution in [2.24, 2.45) is 5.92 Å². The van der Waals surface area contributed by atoms with Gasteiger partial charge >= 0.3 is 0 Å². The number of amides is 1. The van der Waals surface area contributed by atoms with Gasteiger partial charge in [0.25, 0.3) is 11.1 Å². The number of nitriles is 1. The Kier molecular flexibility index (Phi) is 5.56. The number of para-hydroxylation sites is 2. The van der Waals surface area contributed by atoms with Crippen LogP contribution in [0.3, 0.4) is 0 Å². The van der Waals surface area contributed by atoms with Gasteiger partial charge in [0.15, 0.2) is 11.5 Å². The minimum Gasteiger partial charge on any atom is -0.485 e. The number of benzene rings is 1. The molecule has 1 aromatic carbocycles. The minimum absolute atomic E-state index is 0.0159. The van der Waals surface area contributed by atoms with Crippen LogP contribution in [0, 0.1) is 17.2 Å². The number of rotatable bonds is 6. The van der Waals surface area contributed by atoms with Crippen LogP contribution in [0.1, 0.15) is 32.8 Å². The molecule has 0 bridgehead atoms. The monoisotopic (exact) mass is 388 g/mol. The van der Waals surface area contributed by atoms with E-state index in [9.17, 15) is 10.1 Å². The van der Waals surface area contributed by atoms with Crippen LogP contribution < -0.4 is 14.8 Å². The van der Waals surface area contributed by atoms with Crippen molar-refractivity contribution < 1.29 is 18.7 Å². The average Bonchev–Trinajstić information content (AvgIpc) is 3.15. The number of hydrogen-bond acceptors (Lipinski definition) is 8. The van der Waals surface area contributed by atoms with Gasteiger partial charge in [-0.25, -0.2) is 0 Å². The number of hydrogen-bond donors (Lipinski definition) is 1. The van der Waals surface area contributed by atoms with Gasteiger partial charge in [-0.2, -0.15) is 5.26 Å². The van der Waals surface area contributed by atoms with Crippen molar-refractivity contribution in [1.82, 2.24) is 15.5 Å². The number of ether oxygens (including phenoxy) is 2. The molecule has 8 nitrogen and oxygen atoms in total.